The smallest absolute Gasteiger partial charge is 0.0997 e. The van der Waals surface area contributed by atoms with Crippen LogP contribution in [0.4, 0.5) is 5.69 Å². The molecule has 3 aromatic rings. The number of aromatic nitrogens is 2. The van der Waals surface area contributed by atoms with Crippen molar-refractivity contribution >= 4 is 5.69 Å². The van der Waals surface area contributed by atoms with Crippen LogP contribution in [0.25, 0.3) is 16.9 Å². The molecule has 19 heavy (non-hydrogen) atoms. The van der Waals surface area contributed by atoms with Crippen molar-refractivity contribution < 1.29 is 0 Å². The SMILES string of the molecule is Cc1ccc(-c2cncn2-c2cccc(N)c2)cc1. The predicted octanol–water partition coefficient (Wildman–Crippen LogP) is 3.43. The van der Waals surface area contributed by atoms with Crippen molar-refractivity contribution in [2.45, 2.75) is 6.92 Å². The Balaban J connectivity index is 2.10. The second-order valence-electron chi connectivity index (χ2n) is 4.61. The summed E-state index contributed by atoms with van der Waals surface area (Å²) in [4.78, 5) is 4.25. The van der Waals surface area contributed by atoms with Crippen LogP contribution in [0.3, 0.4) is 0 Å². The van der Waals surface area contributed by atoms with Gasteiger partial charge in [-0.1, -0.05) is 35.9 Å². The van der Waals surface area contributed by atoms with Crippen molar-refractivity contribution in [3.63, 3.8) is 0 Å². The molecule has 0 unspecified atom stereocenters. The highest BCUT2D eigenvalue weighted by atomic mass is 15.0. The van der Waals surface area contributed by atoms with Crippen LogP contribution in [0, 0.1) is 6.92 Å². The second-order valence-corrected chi connectivity index (χ2v) is 4.61. The lowest BCUT2D eigenvalue weighted by Crippen LogP contribution is -1.96. The maximum absolute atomic E-state index is 5.84. The molecule has 3 nitrogen and oxygen atoms in total. The molecule has 2 aromatic carbocycles. The fourth-order valence-corrected chi connectivity index (χ4v) is 2.11. The number of benzene rings is 2. The molecule has 0 aliphatic heterocycles. The van der Waals surface area contributed by atoms with Crippen LogP contribution in [0.2, 0.25) is 0 Å². The molecule has 3 rings (SSSR count). The number of hydrogen-bond acceptors (Lipinski definition) is 2. The summed E-state index contributed by atoms with van der Waals surface area (Å²) < 4.78 is 2.04. The van der Waals surface area contributed by atoms with Gasteiger partial charge in [-0.15, -0.1) is 0 Å². The summed E-state index contributed by atoms with van der Waals surface area (Å²) in [6, 6.07) is 16.2. The minimum atomic E-state index is 0.751. The van der Waals surface area contributed by atoms with E-state index in [4.69, 9.17) is 5.73 Å². The Kier molecular flexibility index (Phi) is 2.80. The van der Waals surface area contributed by atoms with Crippen molar-refractivity contribution in [2.24, 2.45) is 0 Å². The first-order valence-corrected chi connectivity index (χ1v) is 6.19. The third-order valence-electron chi connectivity index (χ3n) is 3.13. The van der Waals surface area contributed by atoms with Gasteiger partial charge in [0.15, 0.2) is 0 Å². The van der Waals surface area contributed by atoms with Crippen LogP contribution in [0.1, 0.15) is 5.56 Å². The summed E-state index contributed by atoms with van der Waals surface area (Å²) in [5, 5.41) is 0. The van der Waals surface area contributed by atoms with Crippen LogP contribution in [0.15, 0.2) is 61.1 Å². The minimum Gasteiger partial charge on any atom is -0.399 e. The topological polar surface area (TPSA) is 43.8 Å². The van der Waals surface area contributed by atoms with Crippen LogP contribution < -0.4 is 5.73 Å². The fraction of sp³-hybridized carbons (Fsp3) is 0.0625. The van der Waals surface area contributed by atoms with Crippen molar-refractivity contribution in [1.82, 2.24) is 9.55 Å². The highest BCUT2D eigenvalue weighted by Gasteiger charge is 2.06. The molecule has 0 atom stereocenters. The maximum Gasteiger partial charge on any atom is 0.0997 e. The lowest BCUT2D eigenvalue weighted by Gasteiger charge is -2.09. The lowest BCUT2D eigenvalue weighted by molar-refractivity contribution is 1.06. The van der Waals surface area contributed by atoms with Gasteiger partial charge in [-0.3, -0.25) is 4.57 Å². The molecule has 0 fully saturated rings. The molecular formula is C16H15N3. The van der Waals surface area contributed by atoms with Crippen LogP contribution in [0.5, 0.6) is 0 Å². The zero-order chi connectivity index (χ0) is 13.2. The molecular weight excluding hydrogens is 234 g/mol. The lowest BCUT2D eigenvalue weighted by atomic mass is 10.1. The highest BCUT2D eigenvalue weighted by Crippen LogP contribution is 2.23. The van der Waals surface area contributed by atoms with E-state index in [1.54, 1.807) is 0 Å². The van der Waals surface area contributed by atoms with Gasteiger partial charge in [0.25, 0.3) is 0 Å². The summed E-state index contributed by atoms with van der Waals surface area (Å²) in [6.45, 7) is 2.08. The number of nitrogens with zero attached hydrogens (tertiary/aromatic N) is 2. The molecule has 0 radical (unpaired) electrons. The normalized spacial score (nSPS) is 10.6. The summed E-state index contributed by atoms with van der Waals surface area (Å²) in [6.07, 6.45) is 3.68. The number of imidazole rings is 1. The van der Waals surface area contributed by atoms with Gasteiger partial charge in [0.1, 0.15) is 0 Å². The molecule has 2 N–H and O–H groups in total. The molecule has 94 valence electrons. The third kappa shape index (κ3) is 2.22. The molecule has 0 saturated heterocycles. The fourth-order valence-electron chi connectivity index (χ4n) is 2.11. The Hall–Kier alpha value is -2.55. The molecule has 1 aromatic heterocycles. The molecule has 0 aliphatic rings. The average Bonchev–Trinajstić information content (AvgIpc) is 2.89. The van der Waals surface area contributed by atoms with Gasteiger partial charge in [-0.2, -0.15) is 0 Å². The summed E-state index contributed by atoms with van der Waals surface area (Å²) in [5.41, 5.74) is 11.1. The monoisotopic (exact) mass is 249 g/mol. The average molecular weight is 249 g/mol. The molecule has 0 amide bonds. The number of nitrogen functional groups attached to an aromatic ring is 1. The summed E-state index contributed by atoms with van der Waals surface area (Å²) >= 11 is 0. The van der Waals surface area contributed by atoms with Gasteiger partial charge in [-0.25, -0.2) is 4.98 Å². The molecule has 0 aliphatic carbocycles. The Morgan fingerprint density at radius 2 is 1.84 bits per heavy atom. The van der Waals surface area contributed by atoms with E-state index in [1.165, 1.54) is 5.56 Å². The van der Waals surface area contributed by atoms with Gasteiger partial charge < -0.3 is 5.73 Å². The van der Waals surface area contributed by atoms with Crippen molar-refractivity contribution in [2.75, 3.05) is 5.73 Å². The van der Waals surface area contributed by atoms with Crippen LogP contribution in [-0.2, 0) is 0 Å². The van der Waals surface area contributed by atoms with E-state index in [0.717, 1.165) is 22.6 Å². The van der Waals surface area contributed by atoms with E-state index < -0.39 is 0 Å². The van der Waals surface area contributed by atoms with Crippen molar-refractivity contribution in [3.05, 3.63) is 66.6 Å². The first kappa shape index (κ1) is 11.5. The van der Waals surface area contributed by atoms with Gasteiger partial charge in [0.2, 0.25) is 0 Å². The van der Waals surface area contributed by atoms with Gasteiger partial charge in [0.05, 0.1) is 18.2 Å². The van der Waals surface area contributed by atoms with Gasteiger partial charge in [-0.05, 0) is 25.1 Å². The standard InChI is InChI=1S/C16H15N3/c1-12-5-7-13(8-6-12)16-10-18-11-19(16)15-4-2-3-14(17)9-15/h2-11H,17H2,1H3. The number of aryl methyl sites for hydroxylation is 1. The van der Waals surface area contributed by atoms with Crippen LogP contribution in [-0.4, -0.2) is 9.55 Å². The summed E-state index contributed by atoms with van der Waals surface area (Å²) in [5.74, 6) is 0. The summed E-state index contributed by atoms with van der Waals surface area (Å²) in [7, 11) is 0. The maximum atomic E-state index is 5.84. The second kappa shape index (κ2) is 4.61. The number of hydrogen-bond donors (Lipinski definition) is 1. The predicted molar refractivity (Wildman–Crippen MR) is 78.1 cm³/mol. The van der Waals surface area contributed by atoms with Crippen molar-refractivity contribution in [3.8, 4) is 16.9 Å². The quantitative estimate of drug-likeness (QED) is 0.707. The minimum absolute atomic E-state index is 0.751. The number of nitrogens with two attached hydrogens (primary N) is 1. The zero-order valence-electron chi connectivity index (χ0n) is 10.7. The van der Waals surface area contributed by atoms with E-state index >= 15 is 0 Å². The van der Waals surface area contributed by atoms with Crippen LogP contribution >= 0.6 is 0 Å². The van der Waals surface area contributed by atoms with E-state index in [9.17, 15) is 0 Å². The van der Waals surface area contributed by atoms with Crippen molar-refractivity contribution in [1.29, 1.82) is 0 Å². The highest BCUT2D eigenvalue weighted by molar-refractivity contribution is 5.63. The first-order valence-electron chi connectivity index (χ1n) is 6.19. The number of rotatable bonds is 2. The Bertz CT molecular complexity index is 696. The molecule has 3 heteroatoms. The molecule has 0 bridgehead atoms. The zero-order valence-corrected chi connectivity index (χ0v) is 10.7. The Morgan fingerprint density at radius 1 is 1.05 bits per heavy atom. The van der Waals surface area contributed by atoms with E-state index in [0.29, 0.717) is 0 Å². The van der Waals surface area contributed by atoms with E-state index in [-0.39, 0.29) is 0 Å². The van der Waals surface area contributed by atoms with Gasteiger partial charge >= 0.3 is 0 Å². The molecule has 0 saturated carbocycles. The molecule has 1 heterocycles. The first-order chi connectivity index (χ1) is 9.24. The van der Waals surface area contributed by atoms with E-state index in [1.807, 2.05) is 41.4 Å². The number of anilines is 1. The van der Waals surface area contributed by atoms with E-state index in [2.05, 4.69) is 36.2 Å². The Morgan fingerprint density at radius 3 is 2.58 bits per heavy atom. The molecule has 0 spiro atoms. The largest absolute Gasteiger partial charge is 0.399 e. The third-order valence-corrected chi connectivity index (χ3v) is 3.13. The van der Waals surface area contributed by atoms with Gasteiger partial charge in [0, 0.05) is 16.9 Å². The Labute approximate surface area is 112 Å².